The number of hydrogen-bond acceptors (Lipinski definition) is 3. The van der Waals surface area contributed by atoms with Crippen molar-refractivity contribution in [1.82, 2.24) is 5.32 Å². The summed E-state index contributed by atoms with van der Waals surface area (Å²) in [5.41, 5.74) is -1.24. The topological polar surface area (TPSA) is 69.6 Å². The Bertz CT molecular complexity index is 631. The maximum Gasteiger partial charge on any atom is 0.340 e. The zero-order valence-electron chi connectivity index (χ0n) is 14.2. The minimum atomic E-state index is -2.91. The van der Waals surface area contributed by atoms with Crippen molar-refractivity contribution >= 4 is 5.97 Å². The molecule has 1 heterocycles. The molecule has 25 heavy (non-hydrogen) atoms. The van der Waals surface area contributed by atoms with Crippen molar-refractivity contribution in [2.24, 2.45) is 11.8 Å². The Hall–Kier alpha value is -1.53. The largest absolute Gasteiger partial charge is 0.479 e. The van der Waals surface area contributed by atoms with Gasteiger partial charge in [-0.15, -0.1) is 0 Å². The van der Waals surface area contributed by atoms with E-state index in [1.54, 1.807) is 18.2 Å². The summed E-state index contributed by atoms with van der Waals surface area (Å²) >= 11 is 0. The minimum absolute atomic E-state index is 0.00905. The average molecular weight is 353 g/mol. The van der Waals surface area contributed by atoms with Crippen molar-refractivity contribution in [3.8, 4) is 0 Å². The molecule has 1 aromatic carbocycles. The van der Waals surface area contributed by atoms with E-state index >= 15 is 0 Å². The van der Waals surface area contributed by atoms with Crippen molar-refractivity contribution in [2.45, 2.75) is 50.0 Å². The number of nitrogens with one attached hydrogen (secondary N) is 1. The zero-order valence-corrected chi connectivity index (χ0v) is 14.2. The van der Waals surface area contributed by atoms with Gasteiger partial charge in [0.25, 0.3) is 0 Å². The molecule has 6 heteroatoms. The van der Waals surface area contributed by atoms with Crippen LogP contribution in [-0.2, 0) is 16.8 Å². The Kier molecular flexibility index (Phi) is 5.11. The average Bonchev–Trinajstić information content (AvgIpc) is 2.96. The molecule has 0 aromatic heterocycles. The standard InChI is InChI=1S/C19H25F2NO3/c20-18(21)8-7-15(11-18)19(25,17(23)24)16-6-2-1-5-14(16)10-13-4-3-9-22-12-13/h1-2,5-6,13,15,22,25H,3-4,7-12H2,(H,23,24)/t13-,15-,19-/m1/s1. The minimum Gasteiger partial charge on any atom is -0.479 e. The second kappa shape index (κ2) is 7.00. The predicted octanol–water partition coefficient (Wildman–Crippen LogP) is 2.94. The molecule has 0 radical (unpaired) electrons. The lowest BCUT2D eigenvalue weighted by Gasteiger charge is -2.33. The van der Waals surface area contributed by atoms with Crippen molar-refractivity contribution in [1.29, 1.82) is 0 Å². The first-order chi connectivity index (χ1) is 11.8. The molecular formula is C19H25F2NO3. The van der Waals surface area contributed by atoms with E-state index in [4.69, 9.17) is 0 Å². The van der Waals surface area contributed by atoms with E-state index in [-0.39, 0.29) is 18.4 Å². The summed E-state index contributed by atoms with van der Waals surface area (Å²) < 4.78 is 27.3. The summed E-state index contributed by atoms with van der Waals surface area (Å²) in [5, 5.41) is 24.1. The summed E-state index contributed by atoms with van der Waals surface area (Å²) in [7, 11) is 0. The van der Waals surface area contributed by atoms with E-state index in [0.29, 0.717) is 12.3 Å². The second-order valence-electron chi connectivity index (χ2n) is 7.44. The summed E-state index contributed by atoms with van der Waals surface area (Å²) in [5.74, 6) is -4.97. The van der Waals surface area contributed by atoms with E-state index in [2.05, 4.69) is 5.32 Å². The van der Waals surface area contributed by atoms with Crippen molar-refractivity contribution in [3.63, 3.8) is 0 Å². The molecule has 0 amide bonds. The first-order valence-corrected chi connectivity index (χ1v) is 8.95. The van der Waals surface area contributed by atoms with Crippen LogP contribution in [0.1, 0.15) is 43.2 Å². The van der Waals surface area contributed by atoms with Gasteiger partial charge in [-0.3, -0.25) is 0 Å². The highest BCUT2D eigenvalue weighted by Gasteiger charge is 2.54. The van der Waals surface area contributed by atoms with Crippen LogP contribution in [0.25, 0.3) is 0 Å². The summed E-state index contributed by atoms with van der Waals surface area (Å²) in [6, 6.07) is 6.86. The van der Waals surface area contributed by atoms with Crippen LogP contribution in [0.15, 0.2) is 24.3 Å². The molecular weight excluding hydrogens is 328 g/mol. The number of aliphatic carboxylic acids is 1. The molecule has 1 aliphatic heterocycles. The third-order valence-corrected chi connectivity index (χ3v) is 5.66. The maximum atomic E-state index is 13.7. The van der Waals surface area contributed by atoms with Crippen molar-refractivity contribution in [3.05, 3.63) is 35.4 Å². The van der Waals surface area contributed by atoms with Gasteiger partial charge >= 0.3 is 5.97 Å². The number of carbonyl (C=O) groups is 1. The molecule has 2 fully saturated rings. The summed E-state index contributed by atoms with van der Waals surface area (Å²) in [4.78, 5) is 12.0. The fraction of sp³-hybridized carbons (Fsp3) is 0.632. The number of aliphatic hydroxyl groups is 1. The molecule has 138 valence electrons. The molecule has 4 nitrogen and oxygen atoms in total. The summed E-state index contributed by atoms with van der Waals surface area (Å²) in [6.07, 6.45) is 1.79. The number of benzene rings is 1. The van der Waals surface area contributed by atoms with Crippen LogP contribution in [0, 0.1) is 11.8 Å². The van der Waals surface area contributed by atoms with Crippen LogP contribution in [0.4, 0.5) is 8.78 Å². The van der Waals surface area contributed by atoms with Crippen LogP contribution >= 0.6 is 0 Å². The van der Waals surface area contributed by atoms with Gasteiger partial charge in [0.05, 0.1) is 0 Å². The highest BCUT2D eigenvalue weighted by Crippen LogP contribution is 2.48. The van der Waals surface area contributed by atoms with Crippen LogP contribution in [0.2, 0.25) is 0 Å². The molecule has 1 aliphatic carbocycles. The van der Waals surface area contributed by atoms with E-state index in [9.17, 15) is 23.8 Å². The quantitative estimate of drug-likeness (QED) is 0.761. The smallest absolute Gasteiger partial charge is 0.340 e. The molecule has 3 rings (SSSR count). The molecule has 1 saturated heterocycles. The number of hydrogen-bond donors (Lipinski definition) is 3. The third-order valence-electron chi connectivity index (χ3n) is 5.66. The molecule has 2 aliphatic rings. The predicted molar refractivity (Wildman–Crippen MR) is 89.6 cm³/mol. The molecule has 1 saturated carbocycles. The first kappa shape index (κ1) is 18.3. The van der Waals surface area contributed by atoms with Crippen molar-refractivity contribution < 1.29 is 23.8 Å². The zero-order chi connectivity index (χ0) is 18.1. The van der Waals surface area contributed by atoms with Crippen LogP contribution < -0.4 is 5.32 Å². The van der Waals surface area contributed by atoms with Gasteiger partial charge in [0.15, 0.2) is 5.60 Å². The SMILES string of the molecule is O=C(O)[C@](O)(c1ccccc1C[C@H]1CCCNC1)[C@@H]1CCC(F)(F)C1. The second-order valence-corrected chi connectivity index (χ2v) is 7.44. The molecule has 3 N–H and O–H groups in total. The van der Waals surface area contributed by atoms with Crippen LogP contribution in [0.3, 0.4) is 0 Å². The van der Waals surface area contributed by atoms with Gasteiger partial charge in [-0.05, 0) is 55.8 Å². The number of alkyl halides is 2. The van der Waals surface area contributed by atoms with E-state index in [1.807, 2.05) is 6.07 Å². The van der Waals surface area contributed by atoms with Crippen LogP contribution in [0.5, 0.6) is 0 Å². The molecule has 0 spiro atoms. The lowest BCUT2D eigenvalue weighted by Crippen LogP contribution is -2.43. The molecule has 0 unspecified atom stereocenters. The summed E-state index contributed by atoms with van der Waals surface area (Å²) in [6.45, 7) is 1.83. The Balaban J connectivity index is 1.92. The fourth-order valence-electron chi connectivity index (χ4n) is 4.30. The Morgan fingerprint density at radius 2 is 2.08 bits per heavy atom. The molecule has 3 atom stereocenters. The van der Waals surface area contributed by atoms with Gasteiger partial charge in [-0.25, -0.2) is 13.6 Å². The van der Waals surface area contributed by atoms with Gasteiger partial charge in [0.2, 0.25) is 5.92 Å². The Morgan fingerprint density at radius 1 is 1.32 bits per heavy atom. The number of carboxylic acids is 1. The first-order valence-electron chi connectivity index (χ1n) is 8.95. The number of rotatable bonds is 5. The van der Waals surface area contributed by atoms with E-state index < -0.39 is 29.8 Å². The molecule has 0 bridgehead atoms. The van der Waals surface area contributed by atoms with E-state index in [1.165, 1.54) is 0 Å². The highest BCUT2D eigenvalue weighted by molar-refractivity contribution is 5.80. The van der Waals surface area contributed by atoms with Gasteiger partial charge in [-0.2, -0.15) is 0 Å². The number of halogens is 2. The maximum absolute atomic E-state index is 13.7. The normalized spacial score (nSPS) is 28.4. The van der Waals surface area contributed by atoms with Crippen molar-refractivity contribution in [2.75, 3.05) is 13.1 Å². The van der Waals surface area contributed by atoms with Gasteiger partial charge in [0, 0.05) is 18.8 Å². The fourth-order valence-corrected chi connectivity index (χ4v) is 4.30. The van der Waals surface area contributed by atoms with Gasteiger partial charge in [0.1, 0.15) is 0 Å². The lowest BCUT2D eigenvalue weighted by molar-refractivity contribution is -0.167. The van der Waals surface area contributed by atoms with Gasteiger partial charge < -0.3 is 15.5 Å². The molecule has 1 aromatic rings. The third kappa shape index (κ3) is 3.70. The number of piperidine rings is 1. The van der Waals surface area contributed by atoms with Crippen LogP contribution in [-0.4, -0.2) is 35.2 Å². The lowest BCUT2D eigenvalue weighted by atomic mass is 9.76. The van der Waals surface area contributed by atoms with Gasteiger partial charge in [-0.1, -0.05) is 24.3 Å². The van der Waals surface area contributed by atoms with E-state index in [0.717, 1.165) is 31.5 Å². The monoisotopic (exact) mass is 353 g/mol. The Labute approximate surface area is 146 Å². The Morgan fingerprint density at radius 3 is 2.68 bits per heavy atom. The number of carboxylic acid groups (broad SMARTS) is 1. The highest BCUT2D eigenvalue weighted by atomic mass is 19.3.